The summed E-state index contributed by atoms with van der Waals surface area (Å²) in [5.74, 6) is 18.1. The molecule has 13 nitrogen and oxygen atoms in total. The van der Waals surface area contributed by atoms with E-state index >= 15 is 0 Å². The molecule has 4 N–H and O–H groups in total. The second-order valence-corrected chi connectivity index (χ2v) is 42.9. The Bertz CT molecular complexity index is 5800. The van der Waals surface area contributed by atoms with Crippen LogP contribution in [-0.2, 0) is 93.0 Å². The summed E-state index contributed by atoms with van der Waals surface area (Å²) in [7, 11) is 17.6. The van der Waals surface area contributed by atoms with Crippen molar-refractivity contribution in [2.75, 3.05) is 73.4 Å². The highest BCUT2D eigenvalue weighted by molar-refractivity contribution is 9.11. The van der Waals surface area contributed by atoms with E-state index in [-0.39, 0.29) is 0 Å². The first-order chi connectivity index (χ1) is 54.2. The van der Waals surface area contributed by atoms with Gasteiger partial charge in [0.1, 0.15) is 8.07 Å². The average molecular weight is 1860 g/mol. The third kappa shape index (κ3) is 18.5. The van der Waals surface area contributed by atoms with Crippen LogP contribution in [0.1, 0.15) is 126 Å². The Morgan fingerprint density at radius 3 is 1.24 bits per heavy atom. The number of rotatable bonds is 4. The summed E-state index contributed by atoms with van der Waals surface area (Å²) in [6.45, 7) is 26.6. The van der Waals surface area contributed by atoms with Crippen molar-refractivity contribution >= 4 is 186 Å². The minimum absolute atomic E-state index is 0.630. The van der Waals surface area contributed by atoms with Crippen molar-refractivity contribution in [2.45, 2.75) is 130 Å². The highest BCUT2D eigenvalue weighted by atomic mass is 79.9. The number of pyridine rings is 1. The number of benzene rings is 6. The van der Waals surface area contributed by atoms with Crippen molar-refractivity contribution in [2.24, 2.45) is 34.0 Å². The first-order valence-corrected chi connectivity index (χ1v) is 45.7. The summed E-state index contributed by atoms with van der Waals surface area (Å²) in [5, 5.41) is 10.8. The van der Waals surface area contributed by atoms with E-state index in [9.17, 15) is 0 Å². The van der Waals surface area contributed by atoms with E-state index in [1.165, 1.54) is 105 Å². The molecule has 598 valence electrons. The molecule has 11 heterocycles. The minimum atomic E-state index is -1.78. The third-order valence-corrected chi connectivity index (χ3v) is 33.0. The lowest BCUT2D eigenvalue weighted by Gasteiger charge is -2.38. The van der Waals surface area contributed by atoms with Crippen molar-refractivity contribution in [3.05, 3.63) is 225 Å². The van der Waals surface area contributed by atoms with Gasteiger partial charge < -0.3 is 53.2 Å². The zero-order valence-electron chi connectivity index (χ0n) is 68.1. The lowest BCUT2D eigenvalue weighted by molar-refractivity contribution is 0.310. The number of aromatic amines is 1. The quantitative estimate of drug-likeness (QED) is 0.0693. The first-order valence-electron chi connectivity index (χ1n) is 38.8. The maximum absolute atomic E-state index is 6.57. The maximum Gasteiger partial charge on any atom is 0.146 e. The number of halogens is 9. The van der Waals surface area contributed by atoms with Crippen LogP contribution in [0, 0.1) is 42.6 Å². The minimum Gasteiger partial charge on any atom is -0.357 e. The van der Waals surface area contributed by atoms with Crippen molar-refractivity contribution in [1.82, 2.24) is 52.7 Å². The van der Waals surface area contributed by atoms with Gasteiger partial charge in [-0.05, 0) is 225 Å². The maximum atomic E-state index is 6.57. The smallest absolute Gasteiger partial charge is 0.146 e. The topological polar surface area (TPSA) is 103 Å². The summed E-state index contributed by atoms with van der Waals surface area (Å²) in [6, 6.07) is 29.5. The molecule has 0 radical (unpaired) electrons. The molecule has 0 aliphatic carbocycles. The molecule has 0 saturated heterocycles. The van der Waals surface area contributed by atoms with Crippen LogP contribution < -0.4 is 11.3 Å². The Kier molecular flexibility index (Phi) is 28.3. The van der Waals surface area contributed by atoms with Crippen molar-refractivity contribution in [3.8, 4) is 35.6 Å². The van der Waals surface area contributed by atoms with E-state index in [0.717, 1.165) is 175 Å². The molecule has 5 aliphatic heterocycles. The number of hydrogen-bond donors (Lipinski definition) is 3. The van der Waals surface area contributed by atoms with E-state index < -0.39 is 8.07 Å². The molecule has 114 heavy (non-hydrogen) atoms. The number of fused-ring (bicyclic) bond motifs is 15. The van der Waals surface area contributed by atoms with Gasteiger partial charge in [0.2, 0.25) is 0 Å². The van der Waals surface area contributed by atoms with Crippen LogP contribution in [0.25, 0.3) is 54.5 Å². The molecular weight excluding hydrogens is 1760 g/mol. The number of nitrogens with one attached hydrogen (secondary N) is 2. The second kappa shape index (κ2) is 37.0. The van der Waals surface area contributed by atoms with Crippen LogP contribution in [0.5, 0.6) is 0 Å². The fraction of sp³-hybridized carbons (Fsp3) is 0.374. The Hall–Kier alpha value is -6.19. The molecule has 6 aromatic heterocycles. The van der Waals surface area contributed by atoms with Crippen LogP contribution in [0.2, 0.25) is 46.8 Å². The molecule has 0 amide bonds. The van der Waals surface area contributed by atoms with E-state index in [4.69, 9.17) is 81.9 Å². The number of nitrogen functional groups attached to an aromatic ring is 1. The molecule has 0 unspecified atom stereocenters. The number of aromatic nitrogens is 6. The number of nitrogens with two attached hydrogens (primary N) is 1. The fourth-order valence-corrected chi connectivity index (χ4v) is 26.5. The molecule has 0 spiro atoms. The first kappa shape index (κ1) is 87.1. The number of aryl methyl sites for hydroxylation is 5. The molecular formula is C91H102Br3Cl6N13Si. The van der Waals surface area contributed by atoms with Crippen LogP contribution in [0.3, 0.4) is 0 Å². The normalized spacial score (nSPS) is 15.0. The Morgan fingerprint density at radius 1 is 0.439 bits per heavy atom. The van der Waals surface area contributed by atoms with E-state index in [0.29, 0.717) is 21.6 Å². The molecule has 12 aromatic rings. The van der Waals surface area contributed by atoms with E-state index in [1.54, 1.807) is 18.2 Å². The molecule has 17 rings (SSSR count). The number of anilines is 1. The third-order valence-electron chi connectivity index (χ3n) is 23.5. The number of hydrogen-bond acceptors (Lipinski definition) is 8. The van der Waals surface area contributed by atoms with Gasteiger partial charge in [-0.3, -0.25) is 10.8 Å². The van der Waals surface area contributed by atoms with Crippen LogP contribution >= 0.6 is 117 Å². The highest BCUT2D eigenvalue weighted by Crippen LogP contribution is 2.44. The molecule has 0 saturated carbocycles. The van der Waals surface area contributed by atoms with Crippen LogP contribution in [0.4, 0.5) is 5.69 Å². The van der Waals surface area contributed by atoms with Gasteiger partial charge in [0.25, 0.3) is 0 Å². The number of H-pyrrole nitrogens is 1. The fourth-order valence-electron chi connectivity index (χ4n) is 17.8. The van der Waals surface area contributed by atoms with Gasteiger partial charge in [-0.15, -0.1) is 12.0 Å². The largest absolute Gasteiger partial charge is 0.357 e. The lowest BCUT2D eigenvalue weighted by Crippen LogP contribution is -2.43. The Morgan fingerprint density at radius 2 is 0.816 bits per heavy atom. The standard InChI is InChI=1S/C24H35ClN2Si.C21H20ClN3.C15H15ClN2.C13H14BrClN2.C12H12BrClN2.C6H6BrClN2/c1-16(2)28(17(3)4,18(5)6)12-10-19-13-20(25)14-21-22-15-26(7)11-9-23(22)27(8)24(19)21;1-14-4-5-15(12-23-14)6-7-16-10-17(22)11-18-19-13-24(2)9-8-20(19)25(3)21(16)18;1-4-10-7-11(16)8-12-13-9-17(2)6-5-14(13)18(3)15(10)12;1-16-4-3-12-10(7-16)9-5-8(15)6-11(14)13(9)17(12)2;1-16-3-2-11-9(6-16)8-4-7(14)5-10(13)12(8)15-11;7-5-3-4(8)1-2-6(5)10-9/h13-14,16-18H,9,11,15H2,1-8H3;4-5,10-12H,8-9,13H2,1-3H3;1,7-8H,5-6,9H2,2-3H3;5-6H,3-4,7H2,1-2H3;4-5,15H,2-3,6H2,1H3;1-3,10H,9H2. The van der Waals surface area contributed by atoms with Crippen LogP contribution in [0.15, 0.2) is 111 Å². The summed E-state index contributed by atoms with van der Waals surface area (Å²) < 4.78 is 12.2. The molecule has 0 atom stereocenters. The van der Waals surface area contributed by atoms with Gasteiger partial charge in [0.05, 0.1) is 44.4 Å². The van der Waals surface area contributed by atoms with Gasteiger partial charge in [-0.25, -0.2) is 0 Å². The van der Waals surface area contributed by atoms with E-state index in [1.807, 2.05) is 55.6 Å². The van der Waals surface area contributed by atoms with Crippen molar-refractivity contribution in [1.29, 1.82) is 0 Å². The van der Waals surface area contributed by atoms with Gasteiger partial charge in [-0.2, -0.15) is 0 Å². The van der Waals surface area contributed by atoms with Gasteiger partial charge in [0, 0.05) is 248 Å². The summed E-state index contributed by atoms with van der Waals surface area (Å²) in [6.07, 6.45) is 12.8. The molecule has 6 aromatic carbocycles. The van der Waals surface area contributed by atoms with Gasteiger partial charge >= 0.3 is 0 Å². The Balaban J connectivity index is 0.000000130. The summed E-state index contributed by atoms with van der Waals surface area (Å²) in [5.41, 5.74) is 34.0. The summed E-state index contributed by atoms with van der Waals surface area (Å²) >= 11 is 47.6. The number of likely N-dealkylation sites (N-methyl/N-ethyl adjacent to an activating group) is 5. The van der Waals surface area contributed by atoms with Crippen molar-refractivity contribution < 1.29 is 0 Å². The highest BCUT2D eigenvalue weighted by Gasteiger charge is 2.42. The monoisotopic (exact) mass is 1850 g/mol. The molecule has 5 aliphatic rings. The average Bonchev–Trinajstić information content (AvgIpc) is 1.03. The van der Waals surface area contributed by atoms with Gasteiger partial charge in [-0.1, -0.05) is 135 Å². The molecule has 0 bridgehead atoms. The zero-order chi connectivity index (χ0) is 82.2. The predicted octanol–water partition coefficient (Wildman–Crippen LogP) is 22.7. The van der Waals surface area contributed by atoms with E-state index in [2.05, 4.69) is 270 Å². The summed E-state index contributed by atoms with van der Waals surface area (Å²) in [4.78, 5) is 19.6. The van der Waals surface area contributed by atoms with Crippen molar-refractivity contribution in [3.63, 3.8) is 0 Å². The molecule has 0 fully saturated rings. The van der Waals surface area contributed by atoms with Crippen LogP contribution in [-0.4, -0.2) is 129 Å². The SMILES string of the molecule is C#Cc1cc(Cl)cc2c3c(n(C)c12)CCN(C)C3.CC(C)[Si](C#Cc1cc(Cl)cc2c3c(n(C)c12)CCN(C)C3)(C(C)C)C(C)C.CN1CCc2[nH]c3c(Br)cc(Cl)cc3c2C1.CN1CCc2c(c3cc(Cl)cc(Br)c3n2C)C1.Cc1ccc(C#Cc2cc(Cl)cc3c4c(n(C)c23)CCN(C)C4)cn1.NNc1ccc(Cl)cc1Br. The molecule has 23 heteroatoms. The number of terminal acetylenes is 1. The van der Waals surface area contributed by atoms with Gasteiger partial charge in [0.15, 0.2) is 0 Å². The predicted molar refractivity (Wildman–Crippen MR) is 498 cm³/mol. The number of nitrogens with zero attached hydrogens (tertiary/aromatic N) is 10. The second-order valence-electron chi connectivity index (χ2n) is 32.1. The lowest BCUT2D eigenvalue weighted by atomic mass is 10.0. The zero-order valence-corrected chi connectivity index (χ0v) is 78.4. The number of hydrazine groups is 1. The Labute approximate surface area is 729 Å².